The maximum absolute atomic E-state index is 5.42. The topological polar surface area (TPSA) is 55.9 Å². The Hall–Kier alpha value is -1.62. The molecule has 0 fully saturated rings. The van der Waals surface area contributed by atoms with Gasteiger partial charge in [0.25, 0.3) is 0 Å². The second-order valence-corrected chi connectivity index (χ2v) is 4.44. The third-order valence-corrected chi connectivity index (χ3v) is 2.37. The van der Waals surface area contributed by atoms with Crippen molar-refractivity contribution in [1.82, 2.24) is 19.9 Å². The Balaban J connectivity index is 1.94. The zero-order valence-electron chi connectivity index (χ0n) is 10.5. The molecule has 0 amide bonds. The van der Waals surface area contributed by atoms with Crippen molar-refractivity contribution in [2.24, 2.45) is 0 Å². The van der Waals surface area contributed by atoms with E-state index in [2.05, 4.69) is 29.1 Å². The van der Waals surface area contributed by atoms with Crippen LogP contribution >= 0.6 is 0 Å². The Kier molecular flexibility index (Phi) is 3.58. The zero-order chi connectivity index (χ0) is 12.3. The van der Waals surface area contributed by atoms with Crippen LogP contribution in [0.1, 0.15) is 31.2 Å². The minimum atomic E-state index is 0.467. The predicted octanol–water partition coefficient (Wildman–Crippen LogP) is 1.73. The van der Waals surface area contributed by atoms with Gasteiger partial charge < -0.3 is 14.3 Å². The first kappa shape index (κ1) is 11.9. The molecule has 92 valence electrons. The molecule has 0 saturated heterocycles. The second kappa shape index (κ2) is 5.14. The standard InChI is InChI=1S/C12H18N4O/c1-9(2)13-5-11-6-16(8-15-11)7-12-14-4-10(3)17-12/h4,6,8-9,13H,5,7H2,1-3H3. The van der Waals surface area contributed by atoms with Crippen molar-refractivity contribution < 1.29 is 4.42 Å². The minimum absolute atomic E-state index is 0.467. The summed E-state index contributed by atoms with van der Waals surface area (Å²) < 4.78 is 7.39. The van der Waals surface area contributed by atoms with Gasteiger partial charge in [-0.3, -0.25) is 0 Å². The van der Waals surface area contributed by atoms with E-state index in [4.69, 9.17) is 4.42 Å². The summed E-state index contributed by atoms with van der Waals surface area (Å²) in [6.07, 6.45) is 5.54. The smallest absolute Gasteiger partial charge is 0.214 e. The number of nitrogens with zero attached hydrogens (tertiary/aromatic N) is 3. The summed E-state index contributed by atoms with van der Waals surface area (Å²) in [5.41, 5.74) is 1.03. The molecule has 5 nitrogen and oxygen atoms in total. The van der Waals surface area contributed by atoms with Crippen LogP contribution < -0.4 is 5.32 Å². The summed E-state index contributed by atoms with van der Waals surface area (Å²) in [7, 11) is 0. The molecule has 5 heteroatoms. The molecule has 0 aliphatic rings. The molecule has 17 heavy (non-hydrogen) atoms. The van der Waals surface area contributed by atoms with Crippen molar-refractivity contribution in [3.05, 3.63) is 36.1 Å². The van der Waals surface area contributed by atoms with E-state index >= 15 is 0 Å². The van der Waals surface area contributed by atoms with Crippen molar-refractivity contribution in [3.8, 4) is 0 Å². The quantitative estimate of drug-likeness (QED) is 0.856. The minimum Gasteiger partial charge on any atom is -0.444 e. The summed E-state index contributed by atoms with van der Waals surface area (Å²) in [6.45, 7) is 7.54. The monoisotopic (exact) mass is 234 g/mol. The molecule has 0 spiro atoms. The van der Waals surface area contributed by atoms with Crippen LogP contribution in [-0.2, 0) is 13.1 Å². The molecule has 2 aromatic rings. The highest BCUT2D eigenvalue weighted by Gasteiger charge is 2.04. The number of imidazole rings is 1. The number of rotatable bonds is 5. The van der Waals surface area contributed by atoms with E-state index < -0.39 is 0 Å². The Labute approximate surface area is 101 Å². The normalized spacial score (nSPS) is 11.3. The lowest BCUT2D eigenvalue weighted by Gasteiger charge is -2.04. The van der Waals surface area contributed by atoms with Gasteiger partial charge in [0.05, 0.1) is 18.2 Å². The number of aromatic nitrogens is 3. The lowest BCUT2D eigenvalue weighted by atomic mass is 10.3. The van der Waals surface area contributed by atoms with Crippen molar-refractivity contribution in [2.75, 3.05) is 0 Å². The van der Waals surface area contributed by atoms with Gasteiger partial charge in [-0.15, -0.1) is 0 Å². The second-order valence-electron chi connectivity index (χ2n) is 4.44. The third kappa shape index (κ3) is 3.42. The Bertz CT molecular complexity index is 472. The van der Waals surface area contributed by atoms with Crippen molar-refractivity contribution in [1.29, 1.82) is 0 Å². The fourth-order valence-corrected chi connectivity index (χ4v) is 1.52. The molecule has 2 rings (SSSR count). The van der Waals surface area contributed by atoms with Gasteiger partial charge in [-0.05, 0) is 6.92 Å². The maximum Gasteiger partial charge on any atom is 0.214 e. The summed E-state index contributed by atoms with van der Waals surface area (Å²) >= 11 is 0. The van der Waals surface area contributed by atoms with Gasteiger partial charge in [-0.1, -0.05) is 13.8 Å². The van der Waals surface area contributed by atoms with E-state index in [-0.39, 0.29) is 0 Å². The number of hydrogen-bond acceptors (Lipinski definition) is 4. The van der Waals surface area contributed by atoms with Crippen LogP contribution in [0.5, 0.6) is 0 Å². The number of nitrogens with one attached hydrogen (secondary N) is 1. The third-order valence-electron chi connectivity index (χ3n) is 2.37. The van der Waals surface area contributed by atoms with Crippen molar-refractivity contribution in [2.45, 2.75) is 39.9 Å². The van der Waals surface area contributed by atoms with Crippen LogP contribution in [0, 0.1) is 6.92 Å². The first-order chi connectivity index (χ1) is 8.13. The van der Waals surface area contributed by atoms with Gasteiger partial charge in [-0.25, -0.2) is 9.97 Å². The molecule has 0 unspecified atom stereocenters. The largest absolute Gasteiger partial charge is 0.444 e. The predicted molar refractivity (Wildman–Crippen MR) is 64.5 cm³/mol. The van der Waals surface area contributed by atoms with Crippen LogP contribution in [0.4, 0.5) is 0 Å². The summed E-state index contributed by atoms with van der Waals surface area (Å²) in [4.78, 5) is 8.49. The first-order valence-corrected chi connectivity index (χ1v) is 5.79. The number of aryl methyl sites for hydroxylation is 1. The van der Waals surface area contributed by atoms with Crippen LogP contribution in [0.15, 0.2) is 23.1 Å². The van der Waals surface area contributed by atoms with Gasteiger partial charge >= 0.3 is 0 Å². The van der Waals surface area contributed by atoms with E-state index in [1.807, 2.05) is 17.7 Å². The number of hydrogen-bond donors (Lipinski definition) is 1. The van der Waals surface area contributed by atoms with E-state index in [1.165, 1.54) is 0 Å². The van der Waals surface area contributed by atoms with Crippen LogP contribution in [0.25, 0.3) is 0 Å². The highest BCUT2D eigenvalue weighted by atomic mass is 16.4. The van der Waals surface area contributed by atoms with Gasteiger partial charge in [0.1, 0.15) is 12.3 Å². The Morgan fingerprint density at radius 3 is 2.88 bits per heavy atom. The molecular formula is C12H18N4O. The molecule has 0 aliphatic carbocycles. The maximum atomic E-state index is 5.42. The van der Waals surface area contributed by atoms with Crippen LogP contribution in [-0.4, -0.2) is 20.6 Å². The van der Waals surface area contributed by atoms with Gasteiger partial charge in [0, 0.05) is 18.8 Å². The number of oxazole rings is 1. The lowest BCUT2D eigenvalue weighted by molar-refractivity contribution is 0.457. The van der Waals surface area contributed by atoms with Gasteiger partial charge in [0.15, 0.2) is 0 Å². The van der Waals surface area contributed by atoms with Gasteiger partial charge in [-0.2, -0.15) is 0 Å². The summed E-state index contributed by atoms with van der Waals surface area (Å²) in [6, 6.07) is 0.467. The van der Waals surface area contributed by atoms with E-state index in [0.29, 0.717) is 18.5 Å². The Morgan fingerprint density at radius 2 is 2.24 bits per heavy atom. The summed E-state index contributed by atoms with van der Waals surface area (Å²) in [5, 5.41) is 3.33. The molecule has 2 aromatic heterocycles. The Morgan fingerprint density at radius 1 is 1.41 bits per heavy atom. The molecule has 0 radical (unpaired) electrons. The molecule has 0 saturated carbocycles. The first-order valence-electron chi connectivity index (χ1n) is 5.79. The van der Waals surface area contributed by atoms with Gasteiger partial charge in [0.2, 0.25) is 5.89 Å². The van der Waals surface area contributed by atoms with E-state index in [9.17, 15) is 0 Å². The molecular weight excluding hydrogens is 216 g/mol. The molecule has 0 atom stereocenters. The molecule has 0 aromatic carbocycles. The average Bonchev–Trinajstić information content (AvgIpc) is 2.86. The van der Waals surface area contributed by atoms with Crippen LogP contribution in [0.3, 0.4) is 0 Å². The SMILES string of the molecule is Cc1cnc(Cn2cnc(CNC(C)C)c2)o1. The van der Waals surface area contributed by atoms with Crippen molar-refractivity contribution in [3.63, 3.8) is 0 Å². The van der Waals surface area contributed by atoms with E-state index in [1.54, 1.807) is 12.5 Å². The highest BCUT2D eigenvalue weighted by molar-refractivity contribution is 4.99. The highest BCUT2D eigenvalue weighted by Crippen LogP contribution is 2.05. The fraction of sp³-hybridized carbons (Fsp3) is 0.500. The zero-order valence-corrected chi connectivity index (χ0v) is 10.5. The molecule has 1 N–H and O–H groups in total. The molecule has 0 bridgehead atoms. The fourth-order valence-electron chi connectivity index (χ4n) is 1.52. The van der Waals surface area contributed by atoms with E-state index in [0.717, 1.165) is 18.0 Å². The van der Waals surface area contributed by atoms with Crippen LogP contribution in [0.2, 0.25) is 0 Å². The summed E-state index contributed by atoms with van der Waals surface area (Å²) in [5.74, 6) is 1.55. The molecule has 0 aliphatic heterocycles. The lowest BCUT2D eigenvalue weighted by Crippen LogP contribution is -2.21. The molecule has 2 heterocycles. The average molecular weight is 234 g/mol. The van der Waals surface area contributed by atoms with Crippen molar-refractivity contribution >= 4 is 0 Å².